The van der Waals surface area contributed by atoms with Crippen LogP contribution in [0, 0.1) is 11.8 Å². The van der Waals surface area contributed by atoms with Crippen LogP contribution >= 0.6 is 0 Å². The van der Waals surface area contributed by atoms with Crippen LogP contribution in [0.25, 0.3) is 0 Å². The first kappa shape index (κ1) is 19.0. The normalized spacial score (nSPS) is 25.5. The molecule has 2 fully saturated rings. The summed E-state index contributed by atoms with van der Waals surface area (Å²) in [5.74, 6) is 0.846. The van der Waals surface area contributed by atoms with Gasteiger partial charge in [-0.3, -0.25) is 4.79 Å². The number of rotatable bonds is 4. The van der Waals surface area contributed by atoms with Crippen LogP contribution in [0.2, 0.25) is 0 Å². The molecule has 1 saturated heterocycles. The summed E-state index contributed by atoms with van der Waals surface area (Å²) in [6.07, 6.45) is 5.16. The van der Waals surface area contributed by atoms with E-state index >= 15 is 0 Å². The second-order valence-corrected chi connectivity index (χ2v) is 7.44. The summed E-state index contributed by atoms with van der Waals surface area (Å²) in [6, 6.07) is 0.311. The molecule has 3 amide bonds. The number of carbonyl (C=O) groups excluding carboxylic acids is 2. The minimum absolute atomic E-state index is 0.0210. The Bertz CT molecular complexity index is 420. The predicted octanol–water partition coefficient (Wildman–Crippen LogP) is 2.09. The summed E-state index contributed by atoms with van der Waals surface area (Å²) in [5.41, 5.74) is 0. The number of methoxy groups -OCH3 is 1. The summed E-state index contributed by atoms with van der Waals surface area (Å²) in [6.45, 7) is 7.44. The molecule has 1 N–H and O–H groups in total. The molecular formula is C18H33N3O3. The zero-order chi connectivity index (χ0) is 17.5. The Hall–Kier alpha value is -1.30. The molecule has 2 rings (SSSR count). The lowest BCUT2D eigenvalue weighted by atomic mass is 9.86. The van der Waals surface area contributed by atoms with E-state index in [0.29, 0.717) is 19.0 Å². The van der Waals surface area contributed by atoms with E-state index in [2.05, 4.69) is 5.32 Å². The molecule has 6 nitrogen and oxygen atoms in total. The van der Waals surface area contributed by atoms with Gasteiger partial charge in [0.25, 0.3) is 0 Å². The molecule has 0 spiro atoms. The summed E-state index contributed by atoms with van der Waals surface area (Å²) in [7, 11) is 1.75. The van der Waals surface area contributed by atoms with Crippen LogP contribution in [0.4, 0.5) is 4.79 Å². The zero-order valence-electron chi connectivity index (χ0n) is 15.4. The van der Waals surface area contributed by atoms with Gasteiger partial charge in [-0.15, -0.1) is 0 Å². The third-order valence-corrected chi connectivity index (χ3v) is 5.17. The van der Waals surface area contributed by atoms with Gasteiger partial charge < -0.3 is 19.9 Å². The molecule has 0 aromatic rings. The molecule has 6 heteroatoms. The van der Waals surface area contributed by atoms with Crippen LogP contribution in [0.5, 0.6) is 0 Å². The maximum atomic E-state index is 12.5. The van der Waals surface area contributed by atoms with E-state index in [1.807, 2.05) is 23.6 Å². The van der Waals surface area contributed by atoms with E-state index in [1.54, 1.807) is 7.11 Å². The number of nitrogens with one attached hydrogen (secondary N) is 1. The van der Waals surface area contributed by atoms with E-state index in [9.17, 15) is 9.59 Å². The van der Waals surface area contributed by atoms with Crippen molar-refractivity contribution in [1.82, 2.24) is 15.1 Å². The van der Waals surface area contributed by atoms with Crippen molar-refractivity contribution < 1.29 is 14.3 Å². The summed E-state index contributed by atoms with van der Waals surface area (Å²) in [4.78, 5) is 28.4. The van der Waals surface area contributed by atoms with Gasteiger partial charge in [-0.1, -0.05) is 13.8 Å². The van der Waals surface area contributed by atoms with Crippen molar-refractivity contribution in [3.05, 3.63) is 0 Å². The fourth-order valence-electron chi connectivity index (χ4n) is 3.68. The maximum absolute atomic E-state index is 12.5. The fourth-order valence-corrected chi connectivity index (χ4v) is 3.68. The lowest BCUT2D eigenvalue weighted by molar-refractivity contribution is -0.134. The molecular weight excluding hydrogens is 306 g/mol. The smallest absolute Gasteiger partial charge is 0.317 e. The van der Waals surface area contributed by atoms with Crippen LogP contribution in [-0.2, 0) is 9.53 Å². The summed E-state index contributed by atoms with van der Waals surface area (Å²) < 4.78 is 5.23. The van der Waals surface area contributed by atoms with Crippen molar-refractivity contribution >= 4 is 11.9 Å². The maximum Gasteiger partial charge on any atom is 0.317 e. The highest BCUT2D eigenvalue weighted by atomic mass is 16.5. The van der Waals surface area contributed by atoms with Crippen molar-refractivity contribution in [2.24, 2.45) is 11.8 Å². The van der Waals surface area contributed by atoms with Gasteiger partial charge in [0.2, 0.25) is 5.91 Å². The quantitative estimate of drug-likeness (QED) is 0.853. The number of ether oxygens (including phenoxy) is 1. The second kappa shape index (κ2) is 9.25. The first-order chi connectivity index (χ1) is 11.5. The van der Waals surface area contributed by atoms with E-state index in [1.165, 1.54) is 0 Å². The molecule has 0 radical (unpaired) electrons. The number of nitrogens with zero attached hydrogens (tertiary/aromatic N) is 2. The Morgan fingerprint density at radius 1 is 1.04 bits per heavy atom. The largest absolute Gasteiger partial charge is 0.384 e. The SMILES string of the molecule is COCC1CCC(NC(=O)N2CCCN(C(=O)C(C)C)CC2)CC1. The Labute approximate surface area is 145 Å². The highest BCUT2D eigenvalue weighted by Gasteiger charge is 2.26. The molecule has 1 heterocycles. The van der Waals surface area contributed by atoms with Gasteiger partial charge in [0.1, 0.15) is 0 Å². The third kappa shape index (κ3) is 5.36. The number of hydrogen-bond acceptors (Lipinski definition) is 3. The van der Waals surface area contributed by atoms with E-state index < -0.39 is 0 Å². The second-order valence-electron chi connectivity index (χ2n) is 7.44. The van der Waals surface area contributed by atoms with Gasteiger partial charge in [0, 0.05) is 51.9 Å². The molecule has 0 atom stereocenters. The molecule has 1 saturated carbocycles. The lowest BCUT2D eigenvalue weighted by Crippen LogP contribution is -2.47. The van der Waals surface area contributed by atoms with Crippen molar-refractivity contribution in [2.75, 3.05) is 39.9 Å². The number of urea groups is 1. The predicted molar refractivity (Wildman–Crippen MR) is 93.8 cm³/mol. The van der Waals surface area contributed by atoms with Crippen molar-refractivity contribution in [3.8, 4) is 0 Å². The minimum atomic E-state index is 0.0210. The highest BCUT2D eigenvalue weighted by molar-refractivity contribution is 5.78. The number of carbonyl (C=O) groups is 2. The summed E-state index contributed by atoms with van der Waals surface area (Å²) >= 11 is 0. The van der Waals surface area contributed by atoms with Crippen molar-refractivity contribution in [2.45, 2.75) is 52.0 Å². The highest BCUT2D eigenvalue weighted by Crippen LogP contribution is 2.24. The van der Waals surface area contributed by atoms with E-state index in [4.69, 9.17) is 4.74 Å². The van der Waals surface area contributed by atoms with Gasteiger partial charge in [-0.05, 0) is 38.0 Å². The molecule has 24 heavy (non-hydrogen) atoms. The third-order valence-electron chi connectivity index (χ3n) is 5.17. The first-order valence-corrected chi connectivity index (χ1v) is 9.34. The Morgan fingerprint density at radius 3 is 2.29 bits per heavy atom. The van der Waals surface area contributed by atoms with Gasteiger partial charge in [0.15, 0.2) is 0 Å². The molecule has 0 unspecified atom stereocenters. The minimum Gasteiger partial charge on any atom is -0.384 e. The standard InChI is InChI=1S/C18H33N3O3/c1-14(2)17(22)20-9-4-10-21(12-11-20)18(23)19-16-7-5-15(6-8-16)13-24-3/h14-16H,4-13H2,1-3H3,(H,19,23). The number of amides is 3. The van der Waals surface area contributed by atoms with Crippen LogP contribution in [0.1, 0.15) is 46.0 Å². The number of hydrogen-bond donors (Lipinski definition) is 1. The van der Waals surface area contributed by atoms with Crippen molar-refractivity contribution in [3.63, 3.8) is 0 Å². The first-order valence-electron chi connectivity index (χ1n) is 9.34. The lowest BCUT2D eigenvalue weighted by Gasteiger charge is -2.31. The van der Waals surface area contributed by atoms with Crippen LogP contribution < -0.4 is 5.32 Å². The molecule has 2 aliphatic rings. The van der Waals surface area contributed by atoms with Crippen LogP contribution in [0.3, 0.4) is 0 Å². The average molecular weight is 339 g/mol. The molecule has 1 aliphatic carbocycles. The zero-order valence-corrected chi connectivity index (χ0v) is 15.4. The fraction of sp³-hybridized carbons (Fsp3) is 0.889. The van der Waals surface area contributed by atoms with Crippen LogP contribution in [-0.4, -0.2) is 67.7 Å². The topological polar surface area (TPSA) is 61.9 Å². The Morgan fingerprint density at radius 2 is 1.67 bits per heavy atom. The Balaban J connectivity index is 1.76. The van der Waals surface area contributed by atoms with E-state index in [0.717, 1.165) is 51.8 Å². The monoisotopic (exact) mass is 339 g/mol. The summed E-state index contributed by atoms with van der Waals surface area (Å²) in [5, 5.41) is 3.19. The Kier molecular flexibility index (Phi) is 7.34. The molecule has 1 aliphatic heterocycles. The average Bonchev–Trinajstić information content (AvgIpc) is 2.82. The molecule has 0 aromatic heterocycles. The van der Waals surface area contributed by atoms with Gasteiger partial charge in [-0.25, -0.2) is 4.79 Å². The molecule has 0 bridgehead atoms. The van der Waals surface area contributed by atoms with Crippen LogP contribution in [0.15, 0.2) is 0 Å². The molecule has 0 aromatic carbocycles. The van der Waals surface area contributed by atoms with Gasteiger partial charge >= 0.3 is 6.03 Å². The molecule has 138 valence electrons. The van der Waals surface area contributed by atoms with E-state index in [-0.39, 0.29) is 23.9 Å². The van der Waals surface area contributed by atoms with Gasteiger partial charge in [-0.2, -0.15) is 0 Å². The van der Waals surface area contributed by atoms with Gasteiger partial charge in [0.05, 0.1) is 0 Å². The van der Waals surface area contributed by atoms with Crippen molar-refractivity contribution in [1.29, 1.82) is 0 Å².